The van der Waals surface area contributed by atoms with Gasteiger partial charge in [0.05, 0.1) is 11.3 Å². The lowest BCUT2D eigenvalue weighted by molar-refractivity contribution is -0.386. The number of hydrogen-bond acceptors (Lipinski definition) is 4. The number of nitro benzene ring substituents is 1. The van der Waals surface area contributed by atoms with E-state index in [1.54, 1.807) is 6.92 Å². The Labute approximate surface area is 107 Å². The van der Waals surface area contributed by atoms with Gasteiger partial charge in [0.15, 0.2) is 0 Å². The SMILES string of the molecule is CCN(CCC(=O)O)c1cc(F)cc(F)c1[N+](=O)[O-]. The Balaban J connectivity index is 3.21. The average molecular weight is 274 g/mol. The number of hydrogen-bond donors (Lipinski definition) is 1. The van der Waals surface area contributed by atoms with Gasteiger partial charge in [0.25, 0.3) is 0 Å². The lowest BCUT2D eigenvalue weighted by atomic mass is 10.2. The van der Waals surface area contributed by atoms with Crippen LogP contribution in [-0.4, -0.2) is 29.1 Å². The summed E-state index contributed by atoms with van der Waals surface area (Å²) in [6.07, 6.45) is -0.289. The lowest BCUT2D eigenvalue weighted by Crippen LogP contribution is -2.27. The first kappa shape index (κ1) is 14.8. The van der Waals surface area contributed by atoms with Crippen molar-refractivity contribution < 1.29 is 23.6 Å². The maximum Gasteiger partial charge on any atom is 0.328 e. The van der Waals surface area contributed by atoms with Crippen LogP contribution in [-0.2, 0) is 4.79 Å². The molecule has 8 heteroatoms. The van der Waals surface area contributed by atoms with E-state index >= 15 is 0 Å². The zero-order chi connectivity index (χ0) is 14.6. The molecule has 6 nitrogen and oxygen atoms in total. The molecule has 0 radical (unpaired) electrons. The van der Waals surface area contributed by atoms with Crippen LogP contribution in [0.1, 0.15) is 13.3 Å². The summed E-state index contributed by atoms with van der Waals surface area (Å²) >= 11 is 0. The van der Waals surface area contributed by atoms with Crippen molar-refractivity contribution in [2.75, 3.05) is 18.0 Å². The summed E-state index contributed by atoms with van der Waals surface area (Å²) in [5, 5.41) is 19.4. The average Bonchev–Trinajstić information content (AvgIpc) is 2.27. The first-order chi connectivity index (χ1) is 8.86. The summed E-state index contributed by atoms with van der Waals surface area (Å²) in [7, 11) is 0. The van der Waals surface area contributed by atoms with Crippen LogP contribution in [0.2, 0.25) is 0 Å². The van der Waals surface area contributed by atoms with E-state index in [1.165, 1.54) is 4.90 Å². The van der Waals surface area contributed by atoms with Crippen molar-refractivity contribution in [1.82, 2.24) is 0 Å². The normalized spacial score (nSPS) is 10.3. The molecule has 0 atom stereocenters. The standard InChI is InChI=1S/C11H12F2N2O4/c1-2-14(4-3-10(16)17)9-6-7(12)5-8(13)11(9)15(18)19/h5-6H,2-4H2,1H3,(H,16,17). The molecule has 1 N–H and O–H groups in total. The van der Waals surface area contributed by atoms with Gasteiger partial charge in [0, 0.05) is 25.2 Å². The maximum absolute atomic E-state index is 13.4. The van der Waals surface area contributed by atoms with E-state index in [-0.39, 0.29) is 25.2 Å². The Kier molecular flexibility index (Phi) is 4.74. The van der Waals surface area contributed by atoms with Gasteiger partial charge in [0.1, 0.15) is 11.5 Å². The second-order valence-electron chi connectivity index (χ2n) is 3.74. The van der Waals surface area contributed by atoms with Crippen LogP contribution in [0.5, 0.6) is 0 Å². The molecule has 0 bridgehead atoms. The van der Waals surface area contributed by atoms with Gasteiger partial charge in [-0.2, -0.15) is 4.39 Å². The largest absolute Gasteiger partial charge is 0.481 e. The molecule has 0 unspecified atom stereocenters. The van der Waals surface area contributed by atoms with Crippen LogP contribution in [0, 0.1) is 21.7 Å². The van der Waals surface area contributed by atoms with E-state index in [2.05, 4.69) is 0 Å². The summed E-state index contributed by atoms with van der Waals surface area (Å²) in [6, 6.07) is 1.25. The van der Waals surface area contributed by atoms with Gasteiger partial charge in [-0.15, -0.1) is 0 Å². The first-order valence-corrected chi connectivity index (χ1v) is 5.47. The van der Waals surface area contributed by atoms with E-state index in [0.29, 0.717) is 6.07 Å². The number of carboxylic acid groups (broad SMARTS) is 1. The van der Waals surface area contributed by atoms with Gasteiger partial charge < -0.3 is 10.0 Å². The van der Waals surface area contributed by atoms with Gasteiger partial charge in [-0.3, -0.25) is 14.9 Å². The van der Waals surface area contributed by atoms with Gasteiger partial charge in [-0.1, -0.05) is 0 Å². The molecule has 0 heterocycles. The van der Waals surface area contributed by atoms with Crippen LogP contribution in [0.25, 0.3) is 0 Å². The lowest BCUT2D eigenvalue weighted by Gasteiger charge is -2.22. The van der Waals surface area contributed by atoms with Gasteiger partial charge in [-0.05, 0) is 6.92 Å². The number of halogens is 2. The fraction of sp³-hybridized carbons (Fsp3) is 0.364. The van der Waals surface area contributed by atoms with Gasteiger partial charge in [0.2, 0.25) is 5.82 Å². The second-order valence-corrected chi connectivity index (χ2v) is 3.74. The third-order valence-electron chi connectivity index (χ3n) is 2.51. The fourth-order valence-corrected chi connectivity index (χ4v) is 1.65. The smallest absolute Gasteiger partial charge is 0.328 e. The Morgan fingerprint density at radius 3 is 2.58 bits per heavy atom. The molecule has 1 aromatic rings. The van der Waals surface area contributed by atoms with Crippen molar-refractivity contribution >= 4 is 17.3 Å². The molecule has 0 amide bonds. The van der Waals surface area contributed by atoms with E-state index in [4.69, 9.17) is 5.11 Å². The van der Waals surface area contributed by atoms with Crippen LogP contribution in [0.3, 0.4) is 0 Å². The topological polar surface area (TPSA) is 83.7 Å². The number of aliphatic carboxylic acids is 1. The number of anilines is 1. The number of carbonyl (C=O) groups is 1. The van der Waals surface area contributed by atoms with Crippen LogP contribution in [0.4, 0.5) is 20.2 Å². The molecule has 0 saturated carbocycles. The predicted octanol–water partition coefficient (Wildman–Crippen LogP) is 2.17. The second kappa shape index (κ2) is 6.07. The molecule has 0 fully saturated rings. The van der Waals surface area contributed by atoms with Crippen molar-refractivity contribution in [3.8, 4) is 0 Å². The van der Waals surface area contributed by atoms with Crippen molar-refractivity contribution in [2.24, 2.45) is 0 Å². The van der Waals surface area contributed by atoms with E-state index in [9.17, 15) is 23.7 Å². The number of nitrogens with zero attached hydrogens (tertiary/aromatic N) is 2. The molecular formula is C11H12F2N2O4. The van der Waals surface area contributed by atoms with Crippen molar-refractivity contribution in [3.05, 3.63) is 33.9 Å². The summed E-state index contributed by atoms with van der Waals surface area (Å²) < 4.78 is 26.6. The monoisotopic (exact) mass is 274 g/mol. The molecule has 0 aliphatic heterocycles. The molecule has 0 spiro atoms. The van der Waals surface area contributed by atoms with E-state index in [1.807, 2.05) is 0 Å². The van der Waals surface area contributed by atoms with Gasteiger partial charge >= 0.3 is 11.7 Å². The first-order valence-electron chi connectivity index (χ1n) is 5.47. The highest BCUT2D eigenvalue weighted by Gasteiger charge is 2.25. The maximum atomic E-state index is 13.4. The van der Waals surface area contributed by atoms with Crippen LogP contribution < -0.4 is 4.90 Å². The Morgan fingerprint density at radius 2 is 2.11 bits per heavy atom. The Bertz CT molecular complexity index is 508. The number of nitro groups is 1. The highest BCUT2D eigenvalue weighted by Crippen LogP contribution is 2.32. The predicted molar refractivity (Wildman–Crippen MR) is 63.2 cm³/mol. The molecular weight excluding hydrogens is 262 g/mol. The van der Waals surface area contributed by atoms with E-state index in [0.717, 1.165) is 6.07 Å². The quantitative estimate of drug-likeness (QED) is 0.635. The molecule has 0 aliphatic carbocycles. The van der Waals surface area contributed by atoms with E-state index < -0.39 is 28.2 Å². The molecule has 0 aromatic heterocycles. The summed E-state index contributed by atoms with van der Waals surface area (Å²) in [6.45, 7) is 1.72. The van der Waals surface area contributed by atoms with Crippen molar-refractivity contribution in [1.29, 1.82) is 0 Å². The highest BCUT2D eigenvalue weighted by atomic mass is 19.1. The minimum Gasteiger partial charge on any atom is -0.481 e. The minimum absolute atomic E-state index is 0.0738. The molecule has 1 rings (SSSR count). The molecule has 0 saturated heterocycles. The molecule has 19 heavy (non-hydrogen) atoms. The number of rotatable bonds is 6. The summed E-state index contributed by atoms with van der Waals surface area (Å²) in [5.41, 5.74) is -1.11. The van der Waals surface area contributed by atoms with Crippen molar-refractivity contribution in [2.45, 2.75) is 13.3 Å². The van der Waals surface area contributed by atoms with Crippen LogP contribution >= 0.6 is 0 Å². The third-order valence-corrected chi connectivity index (χ3v) is 2.51. The zero-order valence-electron chi connectivity index (χ0n) is 10.1. The molecule has 0 aliphatic rings. The summed E-state index contributed by atoms with van der Waals surface area (Å²) in [4.78, 5) is 21.6. The molecule has 104 valence electrons. The fourth-order valence-electron chi connectivity index (χ4n) is 1.65. The highest BCUT2D eigenvalue weighted by molar-refractivity contribution is 5.69. The Morgan fingerprint density at radius 1 is 1.47 bits per heavy atom. The third kappa shape index (κ3) is 3.60. The Hall–Kier alpha value is -2.25. The van der Waals surface area contributed by atoms with Crippen LogP contribution in [0.15, 0.2) is 12.1 Å². The molecule has 1 aromatic carbocycles. The number of carboxylic acids is 1. The zero-order valence-corrected chi connectivity index (χ0v) is 10.1. The van der Waals surface area contributed by atoms with Gasteiger partial charge in [-0.25, -0.2) is 4.39 Å². The van der Waals surface area contributed by atoms with Crippen molar-refractivity contribution in [3.63, 3.8) is 0 Å². The minimum atomic E-state index is -1.28. The summed E-state index contributed by atoms with van der Waals surface area (Å²) in [5.74, 6) is -3.33. The number of benzene rings is 1.